The molecule has 1 aliphatic rings. The van der Waals surface area contributed by atoms with E-state index in [1.54, 1.807) is 50.4 Å². The first-order chi connectivity index (χ1) is 11.5. The zero-order valence-electron chi connectivity index (χ0n) is 14.6. The van der Waals surface area contributed by atoms with E-state index in [1.807, 2.05) is 0 Å². The molecule has 2 amide bonds. The summed E-state index contributed by atoms with van der Waals surface area (Å²) in [5.74, 6) is -2.13. The van der Waals surface area contributed by atoms with Gasteiger partial charge in [0.25, 0.3) is 5.91 Å². The molecule has 25 heavy (non-hydrogen) atoms. The molecule has 0 N–H and O–H groups in total. The fraction of sp³-hybridized carbons (Fsp3) is 0.529. The Labute approximate surface area is 159 Å². The molecule has 1 fully saturated rings. The lowest BCUT2D eigenvalue weighted by Gasteiger charge is -2.27. The normalized spacial score (nSPS) is 17.6. The van der Waals surface area contributed by atoms with Crippen molar-refractivity contribution in [2.24, 2.45) is 0 Å². The van der Waals surface area contributed by atoms with Crippen molar-refractivity contribution in [2.45, 2.75) is 38.8 Å². The highest BCUT2D eigenvalue weighted by atomic mass is 127. The number of carbonyl (C=O) groups is 2. The summed E-state index contributed by atoms with van der Waals surface area (Å²) in [6, 6.07) is 1.66. The first-order valence-corrected chi connectivity index (χ1v) is 8.97. The van der Waals surface area contributed by atoms with Crippen LogP contribution in [0.15, 0.2) is 12.1 Å². The molecule has 0 aliphatic carbocycles. The average Bonchev–Trinajstić information content (AvgIpc) is 2.98. The van der Waals surface area contributed by atoms with Gasteiger partial charge in [-0.15, -0.1) is 0 Å². The van der Waals surface area contributed by atoms with Gasteiger partial charge in [0.15, 0.2) is 0 Å². The van der Waals surface area contributed by atoms with Crippen molar-refractivity contribution < 1.29 is 23.1 Å². The van der Waals surface area contributed by atoms with Gasteiger partial charge >= 0.3 is 6.09 Å². The quantitative estimate of drug-likeness (QED) is 0.494. The van der Waals surface area contributed by atoms with Crippen molar-refractivity contribution in [1.29, 1.82) is 0 Å². The van der Waals surface area contributed by atoms with Crippen LogP contribution in [0, 0.1) is 15.2 Å². The number of amides is 2. The summed E-state index contributed by atoms with van der Waals surface area (Å²) in [6.45, 7) is 6.13. The Balaban J connectivity index is 2.07. The van der Waals surface area contributed by atoms with Crippen LogP contribution < -0.4 is 0 Å². The van der Waals surface area contributed by atoms with E-state index in [1.165, 1.54) is 15.9 Å². The molecule has 2 rings (SSSR count). The molecule has 5 nitrogen and oxygen atoms in total. The maximum Gasteiger partial charge on any atom is 0.410 e. The Morgan fingerprint density at radius 1 is 1.28 bits per heavy atom. The number of nitrogens with zero attached hydrogens (tertiary/aromatic N) is 2. The Bertz CT molecular complexity index is 691. The maximum atomic E-state index is 13.9. The number of benzene rings is 1. The fourth-order valence-corrected chi connectivity index (χ4v) is 3.06. The molecule has 1 aromatic rings. The van der Waals surface area contributed by atoms with Crippen LogP contribution in [0.2, 0.25) is 0 Å². The van der Waals surface area contributed by atoms with Crippen LogP contribution >= 0.6 is 22.6 Å². The molecule has 1 aromatic carbocycles. The third-order valence-electron chi connectivity index (χ3n) is 3.92. The van der Waals surface area contributed by atoms with Gasteiger partial charge in [0.2, 0.25) is 0 Å². The van der Waals surface area contributed by atoms with Crippen LogP contribution in [-0.4, -0.2) is 53.6 Å². The number of ether oxygens (including phenoxy) is 1. The van der Waals surface area contributed by atoms with Gasteiger partial charge in [-0.05, 0) is 55.8 Å². The van der Waals surface area contributed by atoms with E-state index in [0.717, 1.165) is 0 Å². The second-order valence-electron chi connectivity index (χ2n) is 7.03. The summed E-state index contributed by atoms with van der Waals surface area (Å²) in [7, 11) is 1.56. The molecule has 0 radical (unpaired) electrons. The third kappa shape index (κ3) is 4.80. The Morgan fingerprint density at radius 3 is 2.52 bits per heavy atom. The van der Waals surface area contributed by atoms with Crippen molar-refractivity contribution >= 4 is 34.6 Å². The summed E-state index contributed by atoms with van der Waals surface area (Å²) >= 11 is 1.71. The Kier molecular flexibility index (Phi) is 5.90. The molecule has 0 unspecified atom stereocenters. The molecule has 138 valence electrons. The molecule has 0 bridgehead atoms. The Hall–Kier alpha value is -1.45. The number of hydrogen-bond acceptors (Lipinski definition) is 3. The van der Waals surface area contributed by atoms with Crippen LogP contribution in [-0.2, 0) is 4.74 Å². The van der Waals surface area contributed by atoms with Crippen LogP contribution in [0.25, 0.3) is 0 Å². The van der Waals surface area contributed by atoms with Crippen LogP contribution in [0.1, 0.15) is 37.6 Å². The van der Waals surface area contributed by atoms with Crippen LogP contribution in [0.5, 0.6) is 0 Å². The second kappa shape index (κ2) is 7.43. The lowest BCUT2D eigenvalue weighted by atomic mass is 10.1. The van der Waals surface area contributed by atoms with Crippen LogP contribution in [0.4, 0.5) is 13.6 Å². The van der Waals surface area contributed by atoms with Crippen molar-refractivity contribution in [3.8, 4) is 0 Å². The highest BCUT2D eigenvalue weighted by Crippen LogP contribution is 2.22. The second-order valence-corrected chi connectivity index (χ2v) is 8.19. The van der Waals surface area contributed by atoms with E-state index < -0.39 is 29.2 Å². The molecular formula is C17H21F2IN2O3. The minimum atomic E-state index is -0.892. The molecular weight excluding hydrogens is 445 g/mol. The van der Waals surface area contributed by atoms with Crippen molar-refractivity contribution in [3.63, 3.8) is 0 Å². The smallest absolute Gasteiger partial charge is 0.410 e. The van der Waals surface area contributed by atoms with E-state index >= 15 is 0 Å². The van der Waals surface area contributed by atoms with Crippen molar-refractivity contribution in [2.75, 3.05) is 20.1 Å². The van der Waals surface area contributed by atoms with E-state index in [9.17, 15) is 18.4 Å². The molecule has 1 aliphatic heterocycles. The van der Waals surface area contributed by atoms with E-state index in [0.29, 0.717) is 25.6 Å². The standard InChI is InChI=1S/C17H21F2IN2O3/c1-17(2,3)25-16(24)22-6-5-10(9-22)21(4)15(23)11-7-14(20)13(19)8-12(11)18/h7-8,10H,5-6,9H2,1-4H3/t10-/m0/s1. The van der Waals surface area contributed by atoms with Crippen molar-refractivity contribution in [1.82, 2.24) is 9.80 Å². The number of rotatable bonds is 2. The molecule has 1 heterocycles. The van der Waals surface area contributed by atoms with Gasteiger partial charge in [-0.3, -0.25) is 4.79 Å². The molecule has 8 heteroatoms. The monoisotopic (exact) mass is 466 g/mol. The van der Waals surface area contributed by atoms with Gasteiger partial charge in [0.05, 0.1) is 11.6 Å². The predicted molar refractivity (Wildman–Crippen MR) is 97.4 cm³/mol. The predicted octanol–water partition coefficient (Wildman–Crippen LogP) is 3.65. The summed E-state index contributed by atoms with van der Waals surface area (Å²) in [4.78, 5) is 27.6. The highest BCUT2D eigenvalue weighted by Gasteiger charge is 2.34. The van der Waals surface area contributed by atoms with Crippen LogP contribution in [0.3, 0.4) is 0 Å². The minimum Gasteiger partial charge on any atom is -0.444 e. The lowest BCUT2D eigenvalue weighted by Crippen LogP contribution is -2.41. The molecule has 0 spiro atoms. The van der Waals surface area contributed by atoms with Gasteiger partial charge in [-0.2, -0.15) is 0 Å². The van der Waals surface area contributed by atoms with E-state index in [4.69, 9.17) is 4.74 Å². The van der Waals surface area contributed by atoms with Crippen molar-refractivity contribution in [3.05, 3.63) is 32.9 Å². The number of carbonyl (C=O) groups excluding carboxylic acids is 2. The average molecular weight is 466 g/mol. The third-order valence-corrected chi connectivity index (χ3v) is 4.75. The fourth-order valence-electron chi connectivity index (χ4n) is 2.59. The molecule has 1 saturated heterocycles. The van der Waals surface area contributed by atoms with Gasteiger partial charge in [0.1, 0.15) is 17.2 Å². The number of halogens is 3. The zero-order valence-corrected chi connectivity index (χ0v) is 16.8. The number of hydrogen-bond donors (Lipinski definition) is 0. The topological polar surface area (TPSA) is 49.9 Å². The molecule has 0 aromatic heterocycles. The summed E-state index contributed by atoms with van der Waals surface area (Å²) in [6.07, 6.45) is 0.139. The van der Waals surface area contributed by atoms with Gasteiger partial charge in [-0.25, -0.2) is 13.6 Å². The largest absolute Gasteiger partial charge is 0.444 e. The first-order valence-electron chi connectivity index (χ1n) is 7.89. The highest BCUT2D eigenvalue weighted by molar-refractivity contribution is 14.1. The van der Waals surface area contributed by atoms with E-state index in [2.05, 4.69) is 0 Å². The van der Waals surface area contributed by atoms with Gasteiger partial charge in [-0.1, -0.05) is 0 Å². The lowest BCUT2D eigenvalue weighted by molar-refractivity contribution is 0.0279. The number of likely N-dealkylation sites (N-methyl/N-ethyl adjacent to an activating group) is 1. The molecule has 0 saturated carbocycles. The summed E-state index contributed by atoms with van der Waals surface area (Å²) in [5.41, 5.74) is -0.769. The Morgan fingerprint density at radius 2 is 1.92 bits per heavy atom. The van der Waals surface area contributed by atoms with Gasteiger partial charge < -0.3 is 14.5 Å². The zero-order chi connectivity index (χ0) is 18.9. The first kappa shape index (κ1) is 19.9. The maximum absolute atomic E-state index is 13.9. The van der Waals surface area contributed by atoms with Gasteiger partial charge in [0, 0.05) is 29.8 Å². The summed E-state index contributed by atoms with van der Waals surface area (Å²) < 4.78 is 32.8. The number of likely N-dealkylation sites (tertiary alicyclic amines) is 1. The van der Waals surface area contributed by atoms with E-state index in [-0.39, 0.29) is 15.2 Å². The summed E-state index contributed by atoms with van der Waals surface area (Å²) in [5, 5.41) is 0. The molecule has 1 atom stereocenters. The minimum absolute atomic E-state index is 0.177. The SMILES string of the molecule is CN(C(=O)c1cc(I)c(F)cc1F)[C@H]1CCN(C(=O)OC(C)(C)C)C1.